The number of carbonyl (C=O) groups excluding carboxylic acids is 1. The second-order valence-electron chi connectivity index (χ2n) is 7.39. The molecule has 4 rings (SSSR count). The van der Waals surface area contributed by atoms with E-state index in [2.05, 4.69) is 24.9 Å². The highest BCUT2D eigenvalue weighted by Gasteiger charge is 2.50. The van der Waals surface area contributed by atoms with Crippen LogP contribution in [0, 0.1) is 5.92 Å². The summed E-state index contributed by atoms with van der Waals surface area (Å²) < 4.78 is 24.3. The zero-order valence-corrected chi connectivity index (χ0v) is 16.0. The third kappa shape index (κ3) is 3.24. The van der Waals surface area contributed by atoms with Crippen molar-refractivity contribution in [3.63, 3.8) is 0 Å². The van der Waals surface area contributed by atoms with Crippen molar-refractivity contribution < 1.29 is 13.2 Å². The Balaban J connectivity index is 1.78. The molecule has 1 aromatic carbocycles. The first-order valence-electron chi connectivity index (χ1n) is 8.73. The van der Waals surface area contributed by atoms with Crippen LogP contribution in [0.4, 0.5) is 5.69 Å². The fourth-order valence-electron chi connectivity index (χ4n) is 3.56. The molecule has 1 aromatic rings. The summed E-state index contributed by atoms with van der Waals surface area (Å²) in [6.07, 6.45) is 1.84. The fourth-order valence-corrected chi connectivity index (χ4v) is 7.47. The Hall–Kier alpha value is -1.34. The summed E-state index contributed by atoms with van der Waals surface area (Å²) in [6, 6.07) is 7.91. The highest BCUT2D eigenvalue weighted by molar-refractivity contribution is 8.16. The molecule has 2 unspecified atom stereocenters. The zero-order valence-electron chi connectivity index (χ0n) is 14.4. The molecular weight excluding hydrogens is 356 g/mol. The maximum absolute atomic E-state index is 12.3. The Bertz CT molecular complexity index is 844. The zero-order chi connectivity index (χ0) is 17.8. The molecule has 0 N–H and O–H groups in total. The number of hydrogen-bond acceptors (Lipinski definition) is 4. The van der Waals surface area contributed by atoms with Gasteiger partial charge in [0.25, 0.3) is 5.91 Å². The molecule has 0 aromatic heterocycles. The molecule has 1 saturated carbocycles. The fraction of sp³-hybridized carbons (Fsp3) is 0.556. The number of nitrogens with zero attached hydrogens (tertiary/aromatic N) is 2. The van der Waals surface area contributed by atoms with Gasteiger partial charge in [-0.2, -0.15) is 4.99 Å². The minimum absolute atomic E-state index is 0.0454. The van der Waals surface area contributed by atoms with Crippen molar-refractivity contribution >= 4 is 38.4 Å². The number of fused-ring (bicyclic) bond motifs is 1. The molecule has 3 aliphatic rings. The van der Waals surface area contributed by atoms with Crippen LogP contribution in [0.2, 0.25) is 0 Å². The second kappa shape index (κ2) is 6.13. The molecule has 2 heterocycles. The maximum Gasteiger partial charge on any atom is 0.251 e. The van der Waals surface area contributed by atoms with E-state index in [0.29, 0.717) is 11.1 Å². The number of carbonyl (C=O) groups is 1. The number of para-hydroxylation sites is 1. The lowest BCUT2D eigenvalue weighted by molar-refractivity contribution is -0.118. The van der Waals surface area contributed by atoms with E-state index in [1.807, 2.05) is 23.1 Å². The van der Waals surface area contributed by atoms with Gasteiger partial charge in [-0.15, -0.1) is 0 Å². The second-order valence-corrected chi connectivity index (χ2v) is 10.8. The summed E-state index contributed by atoms with van der Waals surface area (Å²) in [5.74, 6) is 0.614. The van der Waals surface area contributed by atoms with Crippen LogP contribution < -0.4 is 4.90 Å². The summed E-state index contributed by atoms with van der Waals surface area (Å²) in [7, 11) is -3.04. The van der Waals surface area contributed by atoms with Gasteiger partial charge in [-0.05, 0) is 30.4 Å². The Morgan fingerprint density at radius 3 is 2.64 bits per heavy atom. The molecule has 134 valence electrons. The van der Waals surface area contributed by atoms with Crippen LogP contribution >= 0.6 is 11.8 Å². The van der Waals surface area contributed by atoms with Gasteiger partial charge in [0.15, 0.2) is 15.0 Å². The topological polar surface area (TPSA) is 66.8 Å². The van der Waals surface area contributed by atoms with Gasteiger partial charge in [0.05, 0.1) is 17.5 Å². The van der Waals surface area contributed by atoms with Crippen molar-refractivity contribution in [1.82, 2.24) is 0 Å². The molecule has 1 aliphatic carbocycles. The first-order valence-corrected chi connectivity index (χ1v) is 11.4. The third-order valence-corrected chi connectivity index (χ3v) is 8.23. The smallest absolute Gasteiger partial charge is 0.251 e. The third-order valence-electron chi connectivity index (χ3n) is 5.02. The molecule has 7 heteroatoms. The number of amides is 1. The van der Waals surface area contributed by atoms with Crippen LogP contribution in [0.1, 0.15) is 38.2 Å². The van der Waals surface area contributed by atoms with E-state index in [1.54, 1.807) is 0 Å². The summed E-state index contributed by atoms with van der Waals surface area (Å²) in [5.41, 5.74) is 2.14. The molecule has 1 amide bonds. The number of benzene rings is 1. The van der Waals surface area contributed by atoms with Crippen molar-refractivity contribution in [2.24, 2.45) is 10.9 Å². The molecular formula is C18H22N2O3S2. The van der Waals surface area contributed by atoms with E-state index in [4.69, 9.17) is 0 Å². The van der Waals surface area contributed by atoms with Gasteiger partial charge in [0, 0.05) is 16.9 Å². The predicted molar refractivity (Wildman–Crippen MR) is 102 cm³/mol. The average molecular weight is 379 g/mol. The molecule has 25 heavy (non-hydrogen) atoms. The minimum Gasteiger partial charge on any atom is -0.315 e. The number of rotatable bonds is 3. The van der Waals surface area contributed by atoms with Gasteiger partial charge in [-0.25, -0.2) is 8.42 Å². The van der Waals surface area contributed by atoms with Crippen LogP contribution in [-0.4, -0.2) is 42.3 Å². The number of sulfone groups is 1. The Kier molecular flexibility index (Phi) is 4.19. The van der Waals surface area contributed by atoms with Crippen LogP contribution in [0.3, 0.4) is 0 Å². The first kappa shape index (κ1) is 17.1. The number of hydrogen-bond donors (Lipinski definition) is 0. The number of thioether (sulfide) groups is 1. The van der Waals surface area contributed by atoms with E-state index < -0.39 is 9.84 Å². The van der Waals surface area contributed by atoms with Crippen molar-refractivity contribution in [2.75, 3.05) is 16.4 Å². The standard InChI is InChI=1S/C18H22N2O3S2/c1-11(2)13-5-3-4-6-14(13)20-15-9-25(22,23)10-16(15)24-18(20)19-17(21)12-7-8-12/h3-6,11-12,15-16H,7-10H2,1-2H3. The number of aliphatic imine (C=N–C) groups is 1. The van der Waals surface area contributed by atoms with Crippen LogP contribution in [0.5, 0.6) is 0 Å². The molecule has 2 aliphatic heterocycles. The molecule has 3 fully saturated rings. The molecule has 5 nitrogen and oxygen atoms in total. The maximum atomic E-state index is 12.3. The largest absolute Gasteiger partial charge is 0.315 e. The highest BCUT2D eigenvalue weighted by atomic mass is 32.2. The Morgan fingerprint density at radius 2 is 1.96 bits per heavy atom. The number of anilines is 1. The SMILES string of the molecule is CC(C)c1ccccc1N1C(=NC(=O)C2CC2)SC2CS(=O)(=O)CC21. The van der Waals surface area contributed by atoms with Gasteiger partial charge in [-0.3, -0.25) is 4.79 Å². The monoisotopic (exact) mass is 378 g/mol. The van der Waals surface area contributed by atoms with Crippen molar-refractivity contribution in [3.05, 3.63) is 29.8 Å². The lowest BCUT2D eigenvalue weighted by Crippen LogP contribution is -2.38. The van der Waals surface area contributed by atoms with E-state index in [0.717, 1.165) is 24.1 Å². The van der Waals surface area contributed by atoms with E-state index in [1.165, 1.54) is 11.8 Å². The Labute approximate surface area is 152 Å². The summed E-state index contributed by atoms with van der Waals surface area (Å²) in [5, 5.41) is 0.630. The summed E-state index contributed by atoms with van der Waals surface area (Å²) in [4.78, 5) is 18.7. The van der Waals surface area contributed by atoms with Gasteiger partial charge in [0.1, 0.15) is 0 Å². The normalized spacial score (nSPS) is 29.4. The molecule has 0 bridgehead atoms. The van der Waals surface area contributed by atoms with Crippen LogP contribution in [0.25, 0.3) is 0 Å². The molecule has 2 atom stereocenters. The van der Waals surface area contributed by atoms with Crippen molar-refractivity contribution in [2.45, 2.75) is 43.9 Å². The lowest BCUT2D eigenvalue weighted by Gasteiger charge is -2.28. The van der Waals surface area contributed by atoms with Crippen LogP contribution in [0.15, 0.2) is 29.3 Å². The quantitative estimate of drug-likeness (QED) is 0.809. The van der Waals surface area contributed by atoms with Gasteiger partial charge >= 0.3 is 0 Å². The van der Waals surface area contributed by atoms with Crippen LogP contribution in [-0.2, 0) is 14.6 Å². The minimum atomic E-state index is -3.04. The van der Waals surface area contributed by atoms with Crippen molar-refractivity contribution in [1.29, 1.82) is 0 Å². The Morgan fingerprint density at radius 1 is 1.24 bits per heavy atom. The van der Waals surface area contributed by atoms with Crippen molar-refractivity contribution in [3.8, 4) is 0 Å². The van der Waals surface area contributed by atoms with E-state index >= 15 is 0 Å². The number of amidine groups is 1. The van der Waals surface area contributed by atoms with Gasteiger partial charge in [0.2, 0.25) is 0 Å². The highest BCUT2D eigenvalue weighted by Crippen LogP contribution is 2.43. The predicted octanol–water partition coefficient (Wildman–Crippen LogP) is 2.82. The first-order chi connectivity index (χ1) is 11.9. The molecule has 0 radical (unpaired) electrons. The lowest BCUT2D eigenvalue weighted by atomic mass is 9.99. The summed E-state index contributed by atoms with van der Waals surface area (Å²) in [6.45, 7) is 4.24. The average Bonchev–Trinajstić information content (AvgIpc) is 3.28. The van der Waals surface area contributed by atoms with Gasteiger partial charge in [-0.1, -0.05) is 43.8 Å². The van der Waals surface area contributed by atoms with Gasteiger partial charge < -0.3 is 4.90 Å². The summed E-state index contributed by atoms with van der Waals surface area (Å²) >= 11 is 1.46. The molecule has 0 spiro atoms. The van der Waals surface area contributed by atoms with E-state index in [-0.39, 0.29) is 34.6 Å². The molecule has 2 saturated heterocycles. The van der Waals surface area contributed by atoms with E-state index in [9.17, 15) is 13.2 Å².